The Bertz CT molecular complexity index is 1140. The van der Waals surface area contributed by atoms with Gasteiger partial charge in [-0.2, -0.15) is 0 Å². The van der Waals surface area contributed by atoms with Crippen molar-refractivity contribution in [3.8, 4) is 0 Å². The summed E-state index contributed by atoms with van der Waals surface area (Å²) in [5, 5.41) is 16.0. The van der Waals surface area contributed by atoms with E-state index in [9.17, 15) is 19.5 Å². The van der Waals surface area contributed by atoms with Crippen LogP contribution >= 0.6 is 11.3 Å². The summed E-state index contributed by atoms with van der Waals surface area (Å²) in [4.78, 5) is 46.9. The lowest BCUT2D eigenvalue weighted by atomic mass is 10.0. The Kier molecular flexibility index (Phi) is 3.74. The van der Waals surface area contributed by atoms with Gasteiger partial charge >= 0.3 is 0 Å². The Morgan fingerprint density at radius 3 is 2.86 bits per heavy atom. The first-order valence-electron chi connectivity index (χ1n) is 8.71. The average Bonchev–Trinajstić information content (AvgIpc) is 3.31. The number of amides is 3. The molecule has 1 aromatic carbocycles. The van der Waals surface area contributed by atoms with Crippen molar-refractivity contribution in [1.29, 1.82) is 0 Å². The first kappa shape index (κ1) is 17.0. The minimum absolute atomic E-state index is 0.174. The third-order valence-corrected chi connectivity index (χ3v) is 5.75. The number of carbonyl (C=O) groups is 3. The minimum Gasteiger partial charge on any atom is -0.380 e. The van der Waals surface area contributed by atoms with E-state index in [1.54, 1.807) is 29.1 Å². The molecule has 3 amide bonds. The number of carbonyl (C=O) groups excluding carboxylic acids is 3. The van der Waals surface area contributed by atoms with Crippen molar-refractivity contribution in [2.24, 2.45) is 0 Å². The standard InChI is InChI=1S/C19H14N4O4S/c24-14-5-4-12(18(26)22-14)23-13-6-20-16(17(25)11-7-28-8-21-11)9-2-1-3-10(15(9)13)19(23)27/h1-3,6-8,12,17,25H,4-5H2,(H,22,24,26). The number of imide groups is 1. The fourth-order valence-corrected chi connectivity index (χ4v) is 4.43. The maximum atomic E-state index is 13.1. The number of pyridine rings is 1. The molecular formula is C19H14N4O4S. The lowest BCUT2D eigenvalue weighted by Gasteiger charge is -2.30. The highest BCUT2D eigenvalue weighted by Crippen LogP contribution is 2.41. The fourth-order valence-electron chi connectivity index (χ4n) is 3.86. The molecule has 2 aromatic heterocycles. The maximum absolute atomic E-state index is 13.1. The van der Waals surface area contributed by atoms with Gasteiger partial charge in [-0.25, -0.2) is 4.98 Å². The van der Waals surface area contributed by atoms with Crippen molar-refractivity contribution in [3.63, 3.8) is 0 Å². The van der Waals surface area contributed by atoms with E-state index in [1.165, 1.54) is 22.4 Å². The number of thiazole rings is 1. The van der Waals surface area contributed by atoms with E-state index < -0.39 is 18.1 Å². The van der Waals surface area contributed by atoms with Crippen LogP contribution in [0.15, 0.2) is 35.3 Å². The van der Waals surface area contributed by atoms with Gasteiger partial charge in [0.2, 0.25) is 11.8 Å². The summed E-state index contributed by atoms with van der Waals surface area (Å²) in [5.41, 5.74) is 3.49. The molecule has 2 aliphatic heterocycles. The van der Waals surface area contributed by atoms with Crippen LogP contribution in [0, 0.1) is 0 Å². The molecule has 8 nitrogen and oxygen atoms in total. The number of aromatic nitrogens is 2. The number of benzene rings is 1. The molecule has 4 heterocycles. The SMILES string of the molecule is O=C1CCC(N2C(=O)c3cccc4c(C(O)c5cscn5)ncc2c34)C(=O)N1. The molecule has 28 heavy (non-hydrogen) atoms. The number of hydrogen-bond donors (Lipinski definition) is 2. The van der Waals surface area contributed by atoms with Crippen LogP contribution in [0.5, 0.6) is 0 Å². The highest BCUT2D eigenvalue weighted by Gasteiger charge is 2.41. The van der Waals surface area contributed by atoms with Gasteiger partial charge < -0.3 is 5.11 Å². The molecule has 9 heteroatoms. The number of aliphatic hydroxyl groups excluding tert-OH is 1. The summed E-state index contributed by atoms with van der Waals surface area (Å²) in [6.45, 7) is 0. The molecule has 0 radical (unpaired) electrons. The van der Waals surface area contributed by atoms with E-state index in [4.69, 9.17) is 0 Å². The molecule has 0 saturated carbocycles. The number of rotatable bonds is 3. The van der Waals surface area contributed by atoms with Crippen LogP contribution in [0.25, 0.3) is 10.8 Å². The van der Waals surface area contributed by atoms with E-state index in [0.29, 0.717) is 33.4 Å². The fraction of sp³-hybridized carbons (Fsp3) is 0.211. The molecule has 2 N–H and O–H groups in total. The molecule has 5 rings (SSSR count). The highest BCUT2D eigenvalue weighted by molar-refractivity contribution is 7.07. The zero-order valence-corrected chi connectivity index (χ0v) is 15.3. The van der Waals surface area contributed by atoms with Crippen LogP contribution in [-0.2, 0) is 9.59 Å². The number of hydrogen-bond acceptors (Lipinski definition) is 7. The van der Waals surface area contributed by atoms with Gasteiger partial charge in [0.1, 0.15) is 12.1 Å². The van der Waals surface area contributed by atoms with Crippen LogP contribution in [0.1, 0.15) is 40.7 Å². The van der Waals surface area contributed by atoms with Crippen molar-refractivity contribution in [2.75, 3.05) is 4.90 Å². The molecule has 2 aliphatic rings. The predicted octanol–water partition coefficient (Wildman–Crippen LogP) is 1.54. The van der Waals surface area contributed by atoms with E-state index in [1.807, 2.05) is 0 Å². The third-order valence-electron chi connectivity index (χ3n) is 5.14. The first-order valence-corrected chi connectivity index (χ1v) is 9.65. The smallest absolute Gasteiger partial charge is 0.259 e. The van der Waals surface area contributed by atoms with Crippen molar-refractivity contribution in [2.45, 2.75) is 25.0 Å². The summed E-state index contributed by atoms with van der Waals surface area (Å²) in [5.74, 6) is -1.13. The quantitative estimate of drug-likeness (QED) is 0.652. The second-order valence-corrected chi connectivity index (χ2v) is 7.43. The van der Waals surface area contributed by atoms with Gasteiger partial charge in [0.05, 0.1) is 28.8 Å². The minimum atomic E-state index is -1.02. The number of nitrogens with zero attached hydrogens (tertiary/aromatic N) is 3. The maximum Gasteiger partial charge on any atom is 0.259 e. The third kappa shape index (κ3) is 2.36. The monoisotopic (exact) mass is 394 g/mol. The lowest BCUT2D eigenvalue weighted by molar-refractivity contribution is -0.134. The Morgan fingerprint density at radius 2 is 2.11 bits per heavy atom. The summed E-state index contributed by atoms with van der Waals surface area (Å²) in [7, 11) is 0. The summed E-state index contributed by atoms with van der Waals surface area (Å²) in [6.07, 6.45) is 0.920. The molecule has 3 aromatic rings. The lowest BCUT2D eigenvalue weighted by Crippen LogP contribution is -2.53. The average molecular weight is 394 g/mol. The Hall–Kier alpha value is -3.17. The molecular weight excluding hydrogens is 380 g/mol. The number of nitrogens with one attached hydrogen (secondary N) is 1. The van der Waals surface area contributed by atoms with Crippen LogP contribution in [0.3, 0.4) is 0 Å². The normalized spacial score (nSPS) is 20.0. The zero-order valence-electron chi connectivity index (χ0n) is 14.5. The molecule has 2 atom stereocenters. The van der Waals surface area contributed by atoms with E-state index in [2.05, 4.69) is 15.3 Å². The van der Waals surface area contributed by atoms with Crippen LogP contribution in [0.4, 0.5) is 5.69 Å². The zero-order chi connectivity index (χ0) is 19.4. The molecule has 0 spiro atoms. The Labute approximate surface area is 162 Å². The van der Waals surface area contributed by atoms with E-state index >= 15 is 0 Å². The molecule has 140 valence electrons. The molecule has 0 bridgehead atoms. The molecule has 1 saturated heterocycles. The highest BCUT2D eigenvalue weighted by atomic mass is 32.1. The van der Waals surface area contributed by atoms with Crippen LogP contribution in [0.2, 0.25) is 0 Å². The molecule has 0 aliphatic carbocycles. The largest absolute Gasteiger partial charge is 0.380 e. The van der Waals surface area contributed by atoms with Crippen molar-refractivity contribution < 1.29 is 19.5 Å². The summed E-state index contributed by atoms with van der Waals surface area (Å²) < 4.78 is 0. The van der Waals surface area contributed by atoms with Gasteiger partial charge in [-0.15, -0.1) is 11.3 Å². The summed E-state index contributed by atoms with van der Waals surface area (Å²) in [6, 6.07) is 4.45. The number of aliphatic hydroxyl groups is 1. The van der Waals surface area contributed by atoms with Crippen molar-refractivity contribution in [1.82, 2.24) is 15.3 Å². The Balaban J connectivity index is 1.65. The van der Waals surface area contributed by atoms with Crippen LogP contribution in [-0.4, -0.2) is 38.8 Å². The van der Waals surface area contributed by atoms with E-state index in [-0.39, 0.29) is 24.7 Å². The predicted molar refractivity (Wildman–Crippen MR) is 101 cm³/mol. The van der Waals surface area contributed by atoms with Gasteiger partial charge in [0.25, 0.3) is 5.91 Å². The van der Waals surface area contributed by atoms with Crippen molar-refractivity contribution >= 4 is 45.5 Å². The van der Waals surface area contributed by atoms with Crippen molar-refractivity contribution in [3.05, 3.63) is 52.2 Å². The van der Waals surface area contributed by atoms with Crippen LogP contribution < -0.4 is 10.2 Å². The van der Waals surface area contributed by atoms with Gasteiger partial charge in [-0.3, -0.25) is 29.6 Å². The van der Waals surface area contributed by atoms with E-state index in [0.717, 1.165) is 0 Å². The van der Waals surface area contributed by atoms with Gasteiger partial charge in [0.15, 0.2) is 0 Å². The summed E-state index contributed by atoms with van der Waals surface area (Å²) >= 11 is 1.37. The Morgan fingerprint density at radius 1 is 1.25 bits per heavy atom. The second kappa shape index (κ2) is 6.18. The number of piperidine rings is 1. The second-order valence-electron chi connectivity index (χ2n) is 6.71. The molecule has 1 fully saturated rings. The first-order chi connectivity index (χ1) is 13.6. The topological polar surface area (TPSA) is 112 Å². The van der Waals surface area contributed by atoms with Gasteiger partial charge in [0, 0.05) is 28.1 Å². The molecule has 2 unspecified atom stereocenters. The van der Waals surface area contributed by atoms with Gasteiger partial charge in [-0.1, -0.05) is 12.1 Å². The van der Waals surface area contributed by atoms with Gasteiger partial charge in [-0.05, 0) is 12.5 Å². The number of anilines is 1.